The van der Waals surface area contributed by atoms with Gasteiger partial charge in [0, 0.05) is 67.6 Å². The SMILES string of the molecule is Cc1ccc(N(c2ccccc2)c2cccc(-n3c4ccc(N(c5ccccc5)c5ccc(C)cc5)cc4c4cc(N(c5ccccc5)c5ccc(C)cc5)ccc43)c2)cc1. The Morgan fingerprint density at radius 1 is 0.262 bits per heavy atom. The Morgan fingerprint density at radius 3 is 0.918 bits per heavy atom. The van der Waals surface area contributed by atoms with Gasteiger partial charge in [0.1, 0.15) is 0 Å². The molecule has 4 nitrogen and oxygen atoms in total. The van der Waals surface area contributed by atoms with Crippen LogP contribution in [-0.2, 0) is 0 Å². The van der Waals surface area contributed by atoms with Crippen molar-refractivity contribution in [2.24, 2.45) is 0 Å². The molecule has 0 spiro atoms. The van der Waals surface area contributed by atoms with Crippen molar-refractivity contribution in [2.75, 3.05) is 14.7 Å². The maximum absolute atomic E-state index is 2.43. The van der Waals surface area contributed by atoms with E-state index in [1.54, 1.807) is 0 Å². The second-order valence-corrected chi connectivity index (χ2v) is 15.8. The van der Waals surface area contributed by atoms with Crippen LogP contribution < -0.4 is 14.7 Å². The van der Waals surface area contributed by atoms with Crippen LogP contribution in [0.3, 0.4) is 0 Å². The first kappa shape index (κ1) is 37.5. The summed E-state index contributed by atoms with van der Waals surface area (Å²) in [7, 11) is 0. The fourth-order valence-electron chi connectivity index (χ4n) is 8.48. The van der Waals surface area contributed by atoms with Crippen LogP contribution >= 0.6 is 0 Å². The van der Waals surface area contributed by atoms with E-state index in [-0.39, 0.29) is 0 Å². The lowest BCUT2D eigenvalue weighted by Gasteiger charge is -2.26. The number of aromatic nitrogens is 1. The highest BCUT2D eigenvalue weighted by Crippen LogP contribution is 2.44. The Hall–Kier alpha value is -7.82. The quantitative estimate of drug-likeness (QED) is 0.137. The van der Waals surface area contributed by atoms with Crippen LogP contribution in [0.2, 0.25) is 0 Å². The van der Waals surface area contributed by atoms with Crippen molar-refractivity contribution in [3.05, 3.63) is 241 Å². The molecule has 1 aromatic heterocycles. The maximum Gasteiger partial charge on any atom is 0.0542 e. The van der Waals surface area contributed by atoms with E-state index < -0.39 is 0 Å². The Morgan fingerprint density at radius 2 is 0.557 bits per heavy atom. The van der Waals surface area contributed by atoms with Crippen LogP contribution in [0.15, 0.2) is 224 Å². The van der Waals surface area contributed by atoms with Gasteiger partial charge in [-0.2, -0.15) is 0 Å². The molecule has 0 aliphatic heterocycles. The van der Waals surface area contributed by atoms with Crippen LogP contribution in [0.25, 0.3) is 27.5 Å². The van der Waals surface area contributed by atoms with Crippen molar-refractivity contribution < 1.29 is 0 Å². The number of anilines is 9. The molecule has 0 unspecified atom stereocenters. The summed E-state index contributed by atoms with van der Waals surface area (Å²) in [5, 5.41) is 2.34. The number of fused-ring (bicyclic) bond motifs is 3. The number of aryl methyl sites for hydroxylation is 3. The zero-order chi connectivity index (χ0) is 41.3. The van der Waals surface area contributed by atoms with Gasteiger partial charge >= 0.3 is 0 Å². The lowest BCUT2D eigenvalue weighted by atomic mass is 10.1. The predicted molar refractivity (Wildman–Crippen MR) is 259 cm³/mol. The second kappa shape index (κ2) is 16.1. The zero-order valence-corrected chi connectivity index (χ0v) is 34.7. The molecule has 0 bridgehead atoms. The van der Waals surface area contributed by atoms with E-state index in [4.69, 9.17) is 0 Å². The van der Waals surface area contributed by atoms with Crippen LogP contribution in [0.5, 0.6) is 0 Å². The van der Waals surface area contributed by atoms with Gasteiger partial charge in [-0.3, -0.25) is 0 Å². The highest BCUT2D eigenvalue weighted by molar-refractivity contribution is 6.12. The Labute approximate surface area is 358 Å². The summed E-state index contributed by atoms with van der Waals surface area (Å²) in [5.41, 5.74) is 17.0. The minimum Gasteiger partial charge on any atom is -0.310 e. The zero-order valence-electron chi connectivity index (χ0n) is 34.7. The summed E-state index contributed by atoms with van der Waals surface area (Å²) >= 11 is 0. The predicted octanol–water partition coefficient (Wildman–Crippen LogP) is 16.1. The number of nitrogens with zero attached hydrogens (tertiary/aromatic N) is 4. The number of rotatable bonds is 10. The summed E-state index contributed by atoms with van der Waals surface area (Å²) in [6.07, 6.45) is 0. The molecule has 0 aliphatic rings. The first-order chi connectivity index (χ1) is 30.0. The van der Waals surface area contributed by atoms with Gasteiger partial charge in [-0.05, 0) is 148 Å². The van der Waals surface area contributed by atoms with Crippen molar-refractivity contribution in [3.8, 4) is 5.69 Å². The molecule has 10 rings (SSSR count). The Bertz CT molecular complexity index is 2940. The highest BCUT2D eigenvalue weighted by Gasteiger charge is 2.21. The molecule has 1 heterocycles. The van der Waals surface area contributed by atoms with Gasteiger partial charge in [0.05, 0.1) is 11.0 Å². The van der Waals surface area contributed by atoms with E-state index in [0.717, 1.165) is 67.9 Å². The molecule has 0 saturated heterocycles. The number of para-hydroxylation sites is 3. The number of hydrogen-bond acceptors (Lipinski definition) is 3. The second-order valence-electron chi connectivity index (χ2n) is 15.8. The number of benzene rings is 9. The molecule has 0 radical (unpaired) electrons. The Kier molecular flexibility index (Phi) is 9.88. The van der Waals surface area contributed by atoms with Crippen LogP contribution in [0.1, 0.15) is 16.7 Å². The van der Waals surface area contributed by atoms with Gasteiger partial charge in [-0.1, -0.05) is 114 Å². The lowest BCUT2D eigenvalue weighted by molar-refractivity contribution is 1.17. The smallest absolute Gasteiger partial charge is 0.0542 e. The largest absolute Gasteiger partial charge is 0.310 e. The molecule has 294 valence electrons. The van der Waals surface area contributed by atoms with Crippen molar-refractivity contribution in [1.82, 2.24) is 4.57 Å². The third kappa shape index (κ3) is 7.30. The van der Waals surface area contributed by atoms with E-state index in [9.17, 15) is 0 Å². The van der Waals surface area contributed by atoms with Gasteiger partial charge < -0.3 is 19.3 Å². The summed E-state index contributed by atoms with van der Waals surface area (Å²) < 4.78 is 2.43. The van der Waals surface area contributed by atoms with Crippen molar-refractivity contribution >= 4 is 73.0 Å². The fourth-order valence-corrected chi connectivity index (χ4v) is 8.48. The first-order valence-electron chi connectivity index (χ1n) is 20.9. The molecule has 0 aliphatic carbocycles. The molecule has 0 saturated carbocycles. The lowest BCUT2D eigenvalue weighted by Crippen LogP contribution is -2.10. The molecular weight excluding hydrogens is 741 g/mol. The molecule has 0 atom stereocenters. The van der Waals surface area contributed by atoms with E-state index in [0.29, 0.717) is 0 Å². The minimum absolute atomic E-state index is 1.08. The average Bonchev–Trinajstić information content (AvgIpc) is 3.63. The molecule has 10 aromatic rings. The van der Waals surface area contributed by atoms with Gasteiger partial charge in [0.15, 0.2) is 0 Å². The summed E-state index contributed by atoms with van der Waals surface area (Å²) in [6.45, 7) is 6.41. The van der Waals surface area contributed by atoms with E-state index in [2.05, 4.69) is 264 Å². The first-order valence-corrected chi connectivity index (χ1v) is 20.9. The summed E-state index contributed by atoms with van der Waals surface area (Å²) in [4.78, 5) is 7.05. The fraction of sp³-hybridized carbons (Fsp3) is 0.0526. The summed E-state index contributed by atoms with van der Waals surface area (Å²) in [5.74, 6) is 0. The molecule has 0 fully saturated rings. The van der Waals surface area contributed by atoms with Crippen LogP contribution in [0.4, 0.5) is 51.2 Å². The molecule has 0 amide bonds. The third-order valence-corrected chi connectivity index (χ3v) is 11.5. The van der Waals surface area contributed by atoms with E-state index >= 15 is 0 Å². The minimum atomic E-state index is 1.08. The molecule has 0 N–H and O–H groups in total. The van der Waals surface area contributed by atoms with Gasteiger partial charge in [0.25, 0.3) is 0 Å². The van der Waals surface area contributed by atoms with Crippen molar-refractivity contribution in [3.63, 3.8) is 0 Å². The summed E-state index contributed by atoms with van der Waals surface area (Å²) in [6, 6.07) is 81.1. The highest BCUT2D eigenvalue weighted by atomic mass is 15.2. The third-order valence-electron chi connectivity index (χ3n) is 11.5. The Balaban J connectivity index is 1.21. The van der Waals surface area contributed by atoms with E-state index in [1.807, 2.05) is 0 Å². The van der Waals surface area contributed by atoms with Crippen LogP contribution in [-0.4, -0.2) is 4.57 Å². The van der Waals surface area contributed by atoms with Gasteiger partial charge in [0.2, 0.25) is 0 Å². The van der Waals surface area contributed by atoms with Crippen molar-refractivity contribution in [2.45, 2.75) is 20.8 Å². The molecule has 61 heavy (non-hydrogen) atoms. The monoisotopic (exact) mass is 786 g/mol. The average molecular weight is 787 g/mol. The maximum atomic E-state index is 2.43. The normalized spacial score (nSPS) is 11.2. The standard InChI is InChI=1S/C57H46N4/c1-41-22-28-47(29-23-41)58(44-14-7-4-8-15-44)50-20-13-21-51(38-50)61-56-36-34-52(59(45-16-9-5-10-17-45)48-30-24-42(2)25-31-48)39-54(56)55-40-53(35-37-57(55)61)60(46-18-11-6-12-19-46)49-32-26-43(3)27-33-49/h4-40H,1-3H3. The number of hydrogen-bond donors (Lipinski definition) is 0. The van der Waals surface area contributed by atoms with Crippen LogP contribution in [0, 0.1) is 20.8 Å². The van der Waals surface area contributed by atoms with Gasteiger partial charge in [-0.25, -0.2) is 0 Å². The van der Waals surface area contributed by atoms with Gasteiger partial charge in [-0.15, -0.1) is 0 Å². The molecular formula is C57H46N4. The van der Waals surface area contributed by atoms with Crippen molar-refractivity contribution in [1.29, 1.82) is 0 Å². The topological polar surface area (TPSA) is 14.7 Å². The van der Waals surface area contributed by atoms with E-state index in [1.165, 1.54) is 27.5 Å². The molecule has 9 aromatic carbocycles. The molecule has 4 heteroatoms.